The third-order valence-electron chi connectivity index (χ3n) is 2.52. The molecule has 0 heterocycles. The van der Waals surface area contributed by atoms with Crippen LogP contribution in [0.2, 0.25) is 0 Å². The Morgan fingerprint density at radius 1 is 1.38 bits per heavy atom. The van der Waals surface area contributed by atoms with Gasteiger partial charge in [0.25, 0.3) is 0 Å². The van der Waals surface area contributed by atoms with E-state index in [1.54, 1.807) is 0 Å². The molecule has 0 saturated carbocycles. The van der Waals surface area contributed by atoms with Gasteiger partial charge in [0.05, 0.1) is 13.2 Å². The van der Waals surface area contributed by atoms with Crippen LogP contribution in [-0.2, 0) is 0 Å². The standard InChI is InChI=1S/C13H21NO2/c1-10(2)11-4-3-5-13(8-11)16-7-6-12(14)9-15/h3-5,8,10,12,15H,6-7,9,14H2,1-2H3. The van der Waals surface area contributed by atoms with Gasteiger partial charge in [0.1, 0.15) is 5.75 Å². The van der Waals surface area contributed by atoms with Gasteiger partial charge in [0.2, 0.25) is 0 Å². The van der Waals surface area contributed by atoms with Crippen LogP contribution < -0.4 is 10.5 Å². The van der Waals surface area contributed by atoms with E-state index in [4.69, 9.17) is 15.6 Å². The summed E-state index contributed by atoms with van der Waals surface area (Å²) in [5, 5.41) is 8.77. The van der Waals surface area contributed by atoms with Crippen LogP contribution in [0.4, 0.5) is 0 Å². The highest BCUT2D eigenvalue weighted by atomic mass is 16.5. The number of ether oxygens (including phenoxy) is 1. The second-order valence-corrected chi connectivity index (χ2v) is 4.31. The molecule has 3 heteroatoms. The maximum atomic E-state index is 8.77. The number of hydrogen-bond donors (Lipinski definition) is 2. The van der Waals surface area contributed by atoms with E-state index in [1.807, 2.05) is 12.1 Å². The minimum Gasteiger partial charge on any atom is -0.494 e. The van der Waals surface area contributed by atoms with Crippen LogP contribution in [0.3, 0.4) is 0 Å². The van der Waals surface area contributed by atoms with Crippen LogP contribution in [0.5, 0.6) is 5.75 Å². The molecule has 1 aromatic carbocycles. The van der Waals surface area contributed by atoms with Gasteiger partial charge in [-0.1, -0.05) is 26.0 Å². The molecule has 0 spiro atoms. The third kappa shape index (κ3) is 4.21. The van der Waals surface area contributed by atoms with Crippen molar-refractivity contribution in [1.29, 1.82) is 0 Å². The number of aliphatic hydroxyl groups is 1. The van der Waals surface area contributed by atoms with Crippen LogP contribution in [-0.4, -0.2) is 24.4 Å². The van der Waals surface area contributed by atoms with Crippen LogP contribution >= 0.6 is 0 Å². The summed E-state index contributed by atoms with van der Waals surface area (Å²) in [5.74, 6) is 1.37. The second-order valence-electron chi connectivity index (χ2n) is 4.31. The summed E-state index contributed by atoms with van der Waals surface area (Å²) in [6.07, 6.45) is 0.669. The number of hydrogen-bond acceptors (Lipinski definition) is 3. The lowest BCUT2D eigenvalue weighted by molar-refractivity contribution is 0.230. The van der Waals surface area contributed by atoms with E-state index >= 15 is 0 Å². The fraction of sp³-hybridized carbons (Fsp3) is 0.538. The Balaban J connectivity index is 2.45. The molecule has 1 unspecified atom stereocenters. The summed E-state index contributed by atoms with van der Waals surface area (Å²) < 4.78 is 5.58. The maximum Gasteiger partial charge on any atom is 0.119 e. The van der Waals surface area contributed by atoms with Crippen LogP contribution in [0.25, 0.3) is 0 Å². The van der Waals surface area contributed by atoms with Crippen molar-refractivity contribution in [2.75, 3.05) is 13.2 Å². The zero-order valence-corrected chi connectivity index (χ0v) is 10.0. The summed E-state index contributed by atoms with van der Waals surface area (Å²) in [6.45, 7) is 4.86. The van der Waals surface area contributed by atoms with E-state index in [1.165, 1.54) is 5.56 Å². The predicted octanol–water partition coefficient (Wildman–Crippen LogP) is 1.90. The Bertz CT molecular complexity index is 313. The quantitative estimate of drug-likeness (QED) is 0.774. The predicted molar refractivity (Wildman–Crippen MR) is 65.7 cm³/mol. The zero-order valence-electron chi connectivity index (χ0n) is 10.0. The van der Waals surface area contributed by atoms with E-state index in [0.29, 0.717) is 18.9 Å². The molecule has 0 aliphatic carbocycles. The SMILES string of the molecule is CC(C)c1cccc(OCCC(N)CO)c1. The lowest BCUT2D eigenvalue weighted by atomic mass is 10.0. The lowest BCUT2D eigenvalue weighted by Gasteiger charge is -2.11. The number of nitrogens with two attached hydrogens (primary N) is 1. The molecule has 1 aromatic rings. The minimum absolute atomic E-state index is 0.00932. The Morgan fingerprint density at radius 3 is 2.75 bits per heavy atom. The van der Waals surface area contributed by atoms with Gasteiger partial charge in [0.15, 0.2) is 0 Å². The van der Waals surface area contributed by atoms with Gasteiger partial charge in [-0.15, -0.1) is 0 Å². The van der Waals surface area contributed by atoms with Gasteiger partial charge in [-0.25, -0.2) is 0 Å². The number of benzene rings is 1. The van der Waals surface area contributed by atoms with Crippen molar-refractivity contribution in [1.82, 2.24) is 0 Å². The van der Waals surface area contributed by atoms with Crippen molar-refractivity contribution < 1.29 is 9.84 Å². The average molecular weight is 223 g/mol. The lowest BCUT2D eigenvalue weighted by Crippen LogP contribution is -2.26. The Kier molecular flexibility index (Phi) is 5.29. The third-order valence-corrected chi connectivity index (χ3v) is 2.52. The summed E-state index contributed by atoms with van der Waals surface area (Å²) in [4.78, 5) is 0. The topological polar surface area (TPSA) is 55.5 Å². The normalized spacial score (nSPS) is 12.8. The Morgan fingerprint density at radius 2 is 2.12 bits per heavy atom. The van der Waals surface area contributed by atoms with Gasteiger partial charge >= 0.3 is 0 Å². The fourth-order valence-electron chi connectivity index (χ4n) is 1.38. The van der Waals surface area contributed by atoms with Crippen molar-refractivity contribution >= 4 is 0 Å². The number of rotatable bonds is 6. The summed E-state index contributed by atoms with van der Waals surface area (Å²) in [6, 6.07) is 7.90. The van der Waals surface area contributed by atoms with Crippen LogP contribution in [0, 0.1) is 0 Å². The van der Waals surface area contributed by atoms with Crippen molar-refractivity contribution in [2.24, 2.45) is 5.73 Å². The van der Waals surface area contributed by atoms with E-state index < -0.39 is 0 Å². The largest absolute Gasteiger partial charge is 0.494 e. The summed E-state index contributed by atoms with van der Waals surface area (Å²) in [5.41, 5.74) is 6.85. The minimum atomic E-state index is -0.187. The fourth-order valence-corrected chi connectivity index (χ4v) is 1.38. The van der Waals surface area contributed by atoms with Crippen LogP contribution in [0.1, 0.15) is 31.7 Å². The van der Waals surface area contributed by atoms with Crippen molar-refractivity contribution in [3.8, 4) is 5.75 Å². The van der Waals surface area contributed by atoms with Gasteiger partial charge < -0.3 is 15.6 Å². The first-order valence-corrected chi connectivity index (χ1v) is 5.72. The summed E-state index contributed by atoms with van der Waals surface area (Å²) >= 11 is 0. The molecule has 0 aromatic heterocycles. The molecule has 3 N–H and O–H groups in total. The molecule has 1 rings (SSSR count). The first-order valence-electron chi connectivity index (χ1n) is 5.72. The molecule has 16 heavy (non-hydrogen) atoms. The smallest absolute Gasteiger partial charge is 0.119 e. The molecule has 0 radical (unpaired) electrons. The van der Waals surface area contributed by atoms with Gasteiger partial charge in [0, 0.05) is 6.04 Å². The van der Waals surface area contributed by atoms with E-state index in [0.717, 1.165) is 5.75 Å². The summed E-state index contributed by atoms with van der Waals surface area (Å²) in [7, 11) is 0. The van der Waals surface area contributed by atoms with E-state index in [-0.39, 0.29) is 12.6 Å². The molecule has 0 aliphatic heterocycles. The first-order chi connectivity index (χ1) is 7.63. The van der Waals surface area contributed by atoms with Crippen molar-refractivity contribution in [2.45, 2.75) is 32.2 Å². The zero-order chi connectivity index (χ0) is 12.0. The molecule has 1 atom stereocenters. The van der Waals surface area contributed by atoms with E-state index in [2.05, 4.69) is 26.0 Å². The molecule has 3 nitrogen and oxygen atoms in total. The van der Waals surface area contributed by atoms with Gasteiger partial charge in [-0.05, 0) is 30.0 Å². The van der Waals surface area contributed by atoms with Crippen molar-refractivity contribution in [3.05, 3.63) is 29.8 Å². The molecular weight excluding hydrogens is 202 g/mol. The highest BCUT2D eigenvalue weighted by Crippen LogP contribution is 2.20. The molecule has 0 saturated heterocycles. The Hall–Kier alpha value is -1.06. The molecule has 90 valence electrons. The average Bonchev–Trinajstić information content (AvgIpc) is 2.29. The molecule has 0 amide bonds. The van der Waals surface area contributed by atoms with E-state index in [9.17, 15) is 0 Å². The van der Waals surface area contributed by atoms with Gasteiger partial charge in [-0.2, -0.15) is 0 Å². The first kappa shape index (κ1) is 13.0. The van der Waals surface area contributed by atoms with Gasteiger partial charge in [-0.3, -0.25) is 0 Å². The highest BCUT2D eigenvalue weighted by molar-refractivity contribution is 5.30. The van der Waals surface area contributed by atoms with Crippen molar-refractivity contribution in [3.63, 3.8) is 0 Å². The number of aliphatic hydroxyl groups excluding tert-OH is 1. The highest BCUT2D eigenvalue weighted by Gasteiger charge is 2.03. The molecule has 0 aliphatic rings. The Labute approximate surface area is 97.2 Å². The molecule has 0 bridgehead atoms. The molecule has 0 fully saturated rings. The second kappa shape index (κ2) is 6.51. The van der Waals surface area contributed by atoms with Crippen LogP contribution in [0.15, 0.2) is 24.3 Å². The molecular formula is C13H21NO2. The monoisotopic (exact) mass is 223 g/mol. The maximum absolute atomic E-state index is 8.77.